The van der Waals surface area contributed by atoms with Crippen molar-refractivity contribution in [2.75, 3.05) is 39.3 Å². The number of carbonyl (C=O) groups excluding carboxylic acids is 19. The van der Waals surface area contributed by atoms with E-state index in [2.05, 4.69) is 122 Å². The van der Waals surface area contributed by atoms with E-state index in [1.54, 1.807) is 44.2 Å². The fraction of sp³-hybridized carbons (Fsp3) is 0.567. The molecule has 0 spiro atoms. The van der Waals surface area contributed by atoms with Crippen LogP contribution in [0.4, 0.5) is 0 Å². The summed E-state index contributed by atoms with van der Waals surface area (Å²) < 4.78 is 0. The van der Waals surface area contributed by atoms with Crippen LogP contribution in [-0.2, 0) is 118 Å². The predicted octanol–water partition coefficient (Wildman–Crippen LogP) is -13.0. The zero-order chi connectivity index (χ0) is 113. The average Bonchev–Trinajstić information content (AvgIpc) is 1.33. The number of carboxylic acids is 3. The SMILES string of the molecule is CC[C@H](C)[C@H](NC(=O)[C@H](C)NC(=O)[C@H](CC(N)=O)NC(=O)[C@H](CCCNC(=N)N)NC(=O)[C@H](CCCNC(=N)N)NC(=O)CNC(=O)[C@@H](NC(=O)[C@H](CCCNC(=N)N)NC(=O)CNC(=O)[C@H](CO)NC(=O)[C@H](C)NC(=O)[C@@H](NC(=O)[C@H](Cc1ccccc1)NC(=O)[C@H](CC(=O)O)NC(=O)[C@H](C)NC(=O)[C@H](Cc1ccc(O)cc1)NC(=O)[C@@H](N)[C@@H](C)O)[C@@H](C)CC)[C@@H](C)O)C(=O)N[C@@H](CC1C=NC=N1)C(=O)N[C@@H](CC(=O)O)C(=O)O. The number of nitrogens with zero attached hydrogens (tertiary/aromatic N) is 2. The standard InChI is InChI=1S/C90H141N31O29/c1-10-41(3)68(120-82(144)56(30-48-18-13-12-14-19-48)113-81(143)59(34-65(129)130)112-71(133)43(5)106-78(140)55(115-83(145)67(92)46(8)123)31-49-23-25-51(125)26-24-49)85(147)108-44(6)72(134)118-61(39-122)74(136)103-37-63(127)110-53(21-16-28-101-89(95)96)77(139)121-70(47(9)124)84(146)104-38-64(128)109-52(20-15-27-100-88(93)94)75(137)111-54(22-17-29-102-90(97)98)76(138)114-58(33-62(91)126)79(141)107-45(7)73(135)119-69(42(4)11-2)86(148)116-57(32-50-36-99-40-105-50)80(142)117-60(87(149)150)35-66(131)132/h12-14,18-19,23-26,36,40-47,50,52-61,67-70,122-125H,10-11,15-17,20-22,27-35,37-39,92H2,1-9H3,(H2,91,126)(H,103,136)(H,104,146)(H,106,140)(H,107,141)(H,108,147)(H,109,128)(H,110,127)(H,111,137)(H,112,133)(H,113,143)(H,114,138)(H,115,145)(H,116,148)(H,117,142)(H,118,134)(H,119,135)(H,120,144)(H,121,139)(H,129,130)(H,131,132)(H,149,150)(H4,93,94,100)(H4,95,96,101)(H4,97,98,102)/t41-,42-,43-,44-,45-,46+,47+,50?,52-,53-,54-,55-,56-,57-,58-,59-,60-,61-,67-,68-,69-,70-/m0/s1. The topological polar surface area (TPSA) is 996 Å². The minimum absolute atomic E-state index is 0.0638. The molecule has 0 saturated heterocycles. The van der Waals surface area contributed by atoms with E-state index >= 15 is 0 Å². The number of hydrogen-bond acceptors (Lipinski definition) is 32. The van der Waals surface area contributed by atoms with Gasteiger partial charge in [0, 0.05) is 45.1 Å². The minimum atomic E-state index is -1.97. The van der Waals surface area contributed by atoms with Gasteiger partial charge < -0.3 is 176 Å². The molecule has 2 aromatic carbocycles. The number of aliphatic hydroxyl groups excluding tert-OH is 3. The Bertz CT molecular complexity index is 5100. The number of aliphatic carboxylic acids is 3. The summed E-state index contributed by atoms with van der Waals surface area (Å²) in [4.78, 5) is 307. The van der Waals surface area contributed by atoms with E-state index in [0.29, 0.717) is 11.1 Å². The molecular formula is C90H141N31O29. The molecule has 2 aromatic rings. The Morgan fingerprint density at radius 1 is 0.367 bits per heavy atom. The molecule has 1 unspecified atom stereocenters. The van der Waals surface area contributed by atoms with Crippen molar-refractivity contribution >= 4 is 161 Å². The molecule has 19 amide bonds. The number of benzene rings is 2. The van der Waals surface area contributed by atoms with Crippen LogP contribution in [-0.4, -0.2) is 357 Å². The van der Waals surface area contributed by atoms with E-state index < -0.39 is 320 Å². The number of guanidine groups is 3. The van der Waals surface area contributed by atoms with Gasteiger partial charge in [-0.05, 0) is 108 Å². The van der Waals surface area contributed by atoms with Crippen molar-refractivity contribution in [2.24, 2.45) is 50.5 Å². The summed E-state index contributed by atoms with van der Waals surface area (Å²) in [5.74, 6) is -29.4. The molecule has 0 aliphatic carbocycles. The second-order valence-electron chi connectivity index (χ2n) is 35.4. The average molecular weight is 2120 g/mol. The monoisotopic (exact) mass is 2120 g/mol. The van der Waals surface area contributed by atoms with Crippen molar-refractivity contribution < 1.29 is 141 Å². The number of amides is 19. The molecule has 0 bridgehead atoms. The van der Waals surface area contributed by atoms with Gasteiger partial charge in [-0.25, -0.2) is 9.79 Å². The van der Waals surface area contributed by atoms with E-state index in [-0.39, 0.29) is 96.0 Å². The van der Waals surface area contributed by atoms with Crippen molar-refractivity contribution in [3.05, 3.63) is 65.7 Å². The summed E-state index contributed by atoms with van der Waals surface area (Å²) in [6.07, 6.45) is -5.55. The number of carboxylic acid groups (broad SMARTS) is 3. The lowest BCUT2D eigenvalue weighted by molar-refractivity contribution is -0.147. The van der Waals surface area contributed by atoms with Crippen LogP contribution in [0.15, 0.2) is 64.6 Å². The van der Waals surface area contributed by atoms with E-state index in [4.69, 9.17) is 44.9 Å². The first-order valence-electron chi connectivity index (χ1n) is 47.7. The van der Waals surface area contributed by atoms with Crippen LogP contribution >= 0.6 is 0 Å². The number of rotatable bonds is 68. The van der Waals surface area contributed by atoms with E-state index in [0.717, 1.165) is 27.1 Å². The lowest BCUT2D eigenvalue weighted by atomic mass is 9.96. The molecular weight excluding hydrogens is 1980 g/mol. The first kappa shape index (κ1) is 128. The van der Waals surface area contributed by atoms with Gasteiger partial charge in [0.15, 0.2) is 17.9 Å². The molecule has 830 valence electrons. The zero-order valence-corrected chi connectivity index (χ0v) is 84.1. The van der Waals surface area contributed by atoms with Gasteiger partial charge in [0.2, 0.25) is 112 Å². The van der Waals surface area contributed by atoms with Crippen LogP contribution in [0.3, 0.4) is 0 Å². The summed E-state index contributed by atoms with van der Waals surface area (Å²) in [5.41, 5.74) is 28.6. The second kappa shape index (κ2) is 65.2. The maximum atomic E-state index is 14.5. The number of hydrogen-bond donors (Lipinski definition) is 36. The highest BCUT2D eigenvalue weighted by molar-refractivity contribution is 6.03. The normalized spacial score (nSPS) is 16.0. The van der Waals surface area contributed by atoms with Crippen LogP contribution in [0, 0.1) is 28.1 Å². The molecule has 0 aromatic heterocycles. The van der Waals surface area contributed by atoms with E-state index in [1.807, 2.05) is 0 Å². The fourth-order valence-corrected chi connectivity index (χ4v) is 14.0. The van der Waals surface area contributed by atoms with Gasteiger partial charge in [-0.2, -0.15) is 0 Å². The number of phenols is 1. The van der Waals surface area contributed by atoms with Crippen LogP contribution < -0.4 is 140 Å². The number of aromatic hydroxyl groups is 1. The zero-order valence-electron chi connectivity index (χ0n) is 84.1. The quantitative estimate of drug-likeness (QED) is 0.0166. The van der Waals surface area contributed by atoms with E-state index in [9.17, 15) is 141 Å². The molecule has 3 rings (SSSR count). The first-order valence-corrected chi connectivity index (χ1v) is 47.7. The van der Waals surface area contributed by atoms with Gasteiger partial charge in [0.05, 0.1) is 57.2 Å². The van der Waals surface area contributed by atoms with Gasteiger partial charge in [-0.3, -0.25) is 122 Å². The van der Waals surface area contributed by atoms with Crippen LogP contribution in [0.25, 0.3) is 0 Å². The number of nitrogens with one attached hydrogen (secondary N) is 24. The molecule has 60 heteroatoms. The molecule has 150 heavy (non-hydrogen) atoms. The largest absolute Gasteiger partial charge is 0.508 e. The Hall–Kier alpha value is -16.4. The molecule has 1 heterocycles. The third-order valence-corrected chi connectivity index (χ3v) is 22.9. The summed E-state index contributed by atoms with van der Waals surface area (Å²) in [7, 11) is 0. The van der Waals surface area contributed by atoms with Gasteiger partial charge in [0.25, 0.3) is 0 Å². The maximum Gasteiger partial charge on any atom is 0.326 e. The Kier molecular flexibility index (Phi) is 55.5. The lowest BCUT2D eigenvalue weighted by Gasteiger charge is -2.29. The number of carbonyl (C=O) groups is 22. The number of primary amides is 1. The third kappa shape index (κ3) is 47.4. The Balaban J connectivity index is 1.81. The number of nitrogens with two attached hydrogens (primary N) is 5. The molecule has 22 atom stereocenters. The van der Waals surface area contributed by atoms with Crippen molar-refractivity contribution in [2.45, 2.75) is 273 Å². The Morgan fingerprint density at radius 2 is 0.713 bits per heavy atom. The summed E-state index contributed by atoms with van der Waals surface area (Å²) in [5, 5.41) is 142. The third-order valence-electron chi connectivity index (χ3n) is 22.9. The molecule has 1 aliphatic rings. The maximum absolute atomic E-state index is 14.5. The van der Waals surface area contributed by atoms with E-state index in [1.165, 1.54) is 58.2 Å². The summed E-state index contributed by atoms with van der Waals surface area (Å²) in [6, 6.07) is -16.1. The first-order chi connectivity index (χ1) is 70.5. The number of aliphatic hydroxyl groups is 3. The van der Waals surface area contributed by atoms with Gasteiger partial charge in [0.1, 0.15) is 115 Å². The summed E-state index contributed by atoms with van der Waals surface area (Å²) in [6.45, 7) is 8.55. The molecule has 0 radical (unpaired) electrons. The van der Waals surface area contributed by atoms with Crippen LogP contribution in [0.2, 0.25) is 0 Å². The molecule has 60 nitrogen and oxygen atoms in total. The van der Waals surface area contributed by atoms with Crippen molar-refractivity contribution in [1.29, 1.82) is 16.2 Å². The molecule has 0 saturated carbocycles. The predicted molar refractivity (Wildman–Crippen MR) is 532 cm³/mol. The van der Waals surface area contributed by atoms with Crippen molar-refractivity contribution in [3.63, 3.8) is 0 Å². The highest BCUT2D eigenvalue weighted by atomic mass is 16.4. The highest BCUT2D eigenvalue weighted by Gasteiger charge is 2.41. The van der Waals surface area contributed by atoms with Crippen molar-refractivity contribution in [3.8, 4) is 5.75 Å². The highest BCUT2D eigenvalue weighted by Crippen LogP contribution is 2.18. The molecule has 41 N–H and O–H groups in total. The smallest absolute Gasteiger partial charge is 0.326 e. The summed E-state index contributed by atoms with van der Waals surface area (Å²) >= 11 is 0. The number of phenolic OH excluding ortho intramolecular Hbond substituents is 1. The van der Waals surface area contributed by atoms with Gasteiger partial charge in [-0.15, -0.1) is 0 Å². The second-order valence-corrected chi connectivity index (χ2v) is 35.4. The van der Waals surface area contributed by atoms with Gasteiger partial charge >= 0.3 is 17.9 Å². The molecule has 1 aliphatic heterocycles. The molecule has 0 fully saturated rings. The van der Waals surface area contributed by atoms with Crippen LogP contribution in [0.1, 0.15) is 150 Å². The fourth-order valence-electron chi connectivity index (χ4n) is 14.0. The Labute approximate surface area is 860 Å². The number of aliphatic imine (C=N–C) groups is 2. The minimum Gasteiger partial charge on any atom is -0.508 e. The van der Waals surface area contributed by atoms with Crippen LogP contribution in [0.5, 0.6) is 5.75 Å². The lowest BCUT2D eigenvalue weighted by Crippen LogP contribution is -2.61. The van der Waals surface area contributed by atoms with Gasteiger partial charge in [-0.1, -0.05) is 83.0 Å². The Morgan fingerprint density at radius 3 is 1.15 bits per heavy atom. The van der Waals surface area contributed by atoms with Crippen molar-refractivity contribution in [1.82, 2.24) is 112 Å².